The molecule has 0 fully saturated rings. The number of anilines is 1. The zero-order valence-electron chi connectivity index (χ0n) is 17.4. The van der Waals surface area contributed by atoms with Gasteiger partial charge in [-0.25, -0.2) is 4.79 Å². The Balaban J connectivity index is 1.94. The second-order valence-corrected chi connectivity index (χ2v) is 6.88. The maximum Gasteiger partial charge on any atom is 0.322 e. The lowest BCUT2D eigenvalue weighted by atomic mass is 9.90. The van der Waals surface area contributed by atoms with Crippen LogP contribution >= 0.6 is 0 Å². The number of fused-ring (bicyclic) bond motifs is 1. The van der Waals surface area contributed by atoms with Gasteiger partial charge in [-0.15, -0.1) is 0 Å². The third-order valence-corrected chi connectivity index (χ3v) is 5.16. The van der Waals surface area contributed by atoms with E-state index >= 15 is 0 Å². The minimum Gasteiger partial charge on any atom is -0.493 e. The van der Waals surface area contributed by atoms with Crippen molar-refractivity contribution in [2.24, 2.45) is 0 Å². The number of nitro benzene ring substituents is 1. The summed E-state index contributed by atoms with van der Waals surface area (Å²) in [5, 5.41) is 13.7. The zero-order chi connectivity index (χ0) is 22.5. The predicted octanol–water partition coefficient (Wildman–Crippen LogP) is 3.31. The fourth-order valence-electron chi connectivity index (χ4n) is 3.63. The van der Waals surface area contributed by atoms with Gasteiger partial charge in [0.25, 0.3) is 5.69 Å². The molecule has 1 N–H and O–H groups in total. The van der Waals surface area contributed by atoms with Gasteiger partial charge in [0.2, 0.25) is 0 Å². The first kappa shape index (κ1) is 21.9. The molecule has 1 aliphatic rings. The second-order valence-electron chi connectivity index (χ2n) is 6.88. The van der Waals surface area contributed by atoms with E-state index in [4.69, 9.17) is 14.2 Å². The Labute approximate surface area is 178 Å². The molecule has 164 valence electrons. The number of nitrogens with one attached hydrogen (secondary N) is 1. The summed E-state index contributed by atoms with van der Waals surface area (Å²) < 4.78 is 15.6. The summed E-state index contributed by atoms with van der Waals surface area (Å²) in [5.74, 6) is 0.574. The van der Waals surface area contributed by atoms with Gasteiger partial charge >= 0.3 is 12.0 Å². The third kappa shape index (κ3) is 4.68. The summed E-state index contributed by atoms with van der Waals surface area (Å²) >= 11 is 0. The number of rotatable bonds is 6. The van der Waals surface area contributed by atoms with E-state index in [2.05, 4.69) is 5.32 Å². The van der Waals surface area contributed by atoms with E-state index in [1.165, 1.54) is 44.4 Å². The molecule has 2 amide bonds. The maximum absolute atomic E-state index is 13.1. The Morgan fingerprint density at radius 1 is 1.16 bits per heavy atom. The number of carbonyl (C=O) groups is 2. The topological polar surface area (TPSA) is 120 Å². The molecule has 2 aromatic rings. The van der Waals surface area contributed by atoms with E-state index in [0.717, 1.165) is 11.1 Å². The number of hydrogen-bond donors (Lipinski definition) is 1. The van der Waals surface area contributed by atoms with Crippen molar-refractivity contribution in [1.29, 1.82) is 0 Å². The fraction of sp³-hybridized carbons (Fsp3) is 0.333. The van der Waals surface area contributed by atoms with Crippen molar-refractivity contribution < 1.29 is 28.7 Å². The summed E-state index contributed by atoms with van der Waals surface area (Å²) in [7, 11) is 4.33. The average Bonchev–Trinajstić information content (AvgIpc) is 2.78. The van der Waals surface area contributed by atoms with Crippen LogP contribution in [0.4, 0.5) is 16.2 Å². The summed E-state index contributed by atoms with van der Waals surface area (Å²) in [5.41, 5.74) is 1.84. The van der Waals surface area contributed by atoms with E-state index in [1.807, 2.05) is 6.07 Å². The van der Waals surface area contributed by atoms with Gasteiger partial charge in [-0.05, 0) is 35.7 Å². The first-order chi connectivity index (χ1) is 14.9. The quantitative estimate of drug-likeness (QED) is 0.425. The molecule has 0 saturated heterocycles. The molecule has 0 saturated carbocycles. The van der Waals surface area contributed by atoms with Crippen LogP contribution in [0.5, 0.6) is 11.5 Å². The highest BCUT2D eigenvalue weighted by Crippen LogP contribution is 2.39. The Bertz CT molecular complexity index is 1010. The maximum atomic E-state index is 13.1. The van der Waals surface area contributed by atoms with Gasteiger partial charge in [-0.3, -0.25) is 14.9 Å². The number of methoxy groups -OCH3 is 3. The standard InChI is InChI=1S/C21H23N3O7/c1-29-18-9-13-7-8-23(17(12-20(25)31-3)16(13)11-19(18)30-2)21(26)22-14-5-4-6-15(10-14)24(27)28/h4-6,9-11,17H,7-8,12H2,1-3H3,(H,22,26)/t17-/m0/s1. The number of amides is 2. The molecule has 10 heteroatoms. The van der Waals surface area contributed by atoms with Crippen LogP contribution in [0.2, 0.25) is 0 Å². The van der Waals surface area contributed by atoms with Crippen molar-refractivity contribution in [2.75, 3.05) is 33.2 Å². The Hall–Kier alpha value is -3.82. The number of ether oxygens (including phenoxy) is 3. The molecule has 1 aliphatic heterocycles. The lowest BCUT2D eigenvalue weighted by Gasteiger charge is -2.37. The summed E-state index contributed by atoms with van der Waals surface area (Å²) in [6.45, 7) is 0.338. The highest BCUT2D eigenvalue weighted by molar-refractivity contribution is 5.90. The number of hydrogen-bond acceptors (Lipinski definition) is 7. The molecule has 10 nitrogen and oxygen atoms in total. The normalized spacial score (nSPS) is 14.9. The summed E-state index contributed by atoms with van der Waals surface area (Å²) in [6.07, 6.45) is 0.483. The lowest BCUT2D eigenvalue weighted by molar-refractivity contribution is -0.384. The molecule has 1 atom stereocenters. The molecule has 0 aliphatic carbocycles. The Morgan fingerprint density at radius 3 is 2.52 bits per heavy atom. The molecule has 31 heavy (non-hydrogen) atoms. The van der Waals surface area contributed by atoms with Gasteiger partial charge in [-0.2, -0.15) is 0 Å². The molecular formula is C21H23N3O7. The van der Waals surface area contributed by atoms with Crippen LogP contribution < -0.4 is 14.8 Å². The van der Waals surface area contributed by atoms with E-state index < -0.39 is 23.0 Å². The van der Waals surface area contributed by atoms with Gasteiger partial charge in [0.1, 0.15) is 0 Å². The van der Waals surface area contributed by atoms with Crippen LogP contribution in [-0.2, 0) is 16.0 Å². The SMILES string of the molecule is COC(=O)C[C@H]1c2cc(OC)c(OC)cc2CCN1C(=O)Nc1cccc([N+](=O)[O-])c1. The number of esters is 1. The van der Waals surface area contributed by atoms with Crippen molar-refractivity contribution in [2.45, 2.75) is 18.9 Å². The smallest absolute Gasteiger partial charge is 0.322 e. The first-order valence-electron chi connectivity index (χ1n) is 9.51. The van der Waals surface area contributed by atoms with E-state index in [1.54, 1.807) is 12.1 Å². The van der Waals surface area contributed by atoms with Gasteiger partial charge in [0, 0.05) is 24.4 Å². The number of benzene rings is 2. The average molecular weight is 429 g/mol. The molecular weight excluding hydrogens is 406 g/mol. The van der Waals surface area contributed by atoms with Gasteiger partial charge < -0.3 is 24.4 Å². The number of urea groups is 1. The number of carbonyl (C=O) groups excluding carboxylic acids is 2. The minimum atomic E-state index is -0.602. The molecule has 2 aromatic carbocycles. The zero-order valence-corrected chi connectivity index (χ0v) is 17.4. The summed E-state index contributed by atoms with van der Waals surface area (Å²) in [6, 6.07) is 8.19. The molecule has 0 unspecified atom stereocenters. The molecule has 3 rings (SSSR count). The molecule has 0 aromatic heterocycles. The fourth-order valence-corrected chi connectivity index (χ4v) is 3.63. The van der Waals surface area contributed by atoms with E-state index in [9.17, 15) is 19.7 Å². The van der Waals surface area contributed by atoms with Crippen LogP contribution in [0.25, 0.3) is 0 Å². The number of non-ortho nitro benzene ring substituents is 1. The van der Waals surface area contributed by atoms with Crippen molar-refractivity contribution in [1.82, 2.24) is 4.90 Å². The first-order valence-corrected chi connectivity index (χ1v) is 9.51. The second kappa shape index (κ2) is 9.33. The molecule has 0 radical (unpaired) electrons. The van der Waals surface area contributed by atoms with Crippen LogP contribution in [0.15, 0.2) is 36.4 Å². The van der Waals surface area contributed by atoms with Crippen molar-refractivity contribution in [3.8, 4) is 11.5 Å². The lowest BCUT2D eigenvalue weighted by Crippen LogP contribution is -2.43. The van der Waals surface area contributed by atoms with Gasteiger partial charge in [0.05, 0.1) is 38.7 Å². The van der Waals surface area contributed by atoms with Crippen molar-refractivity contribution in [3.63, 3.8) is 0 Å². The predicted molar refractivity (Wildman–Crippen MR) is 111 cm³/mol. The molecule has 0 spiro atoms. The minimum absolute atomic E-state index is 0.0542. The van der Waals surface area contributed by atoms with Crippen LogP contribution in [0, 0.1) is 10.1 Å². The van der Waals surface area contributed by atoms with E-state index in [-0.39, 0.29) is 17.8 Å². The molecule has 1 heterocycles. The monoisotopic (exact) mass is 429 g/mol. The number of nitrogens with zero attached hydrogens (tertiary/aromatic N) is 2. The van der Waals surface area contributed by atoms with Crippen molar-refractivity contribution in [3.05, 3.63) is 57.6 Å². The summed E-state index contributed by atoms with van der Waals surface area (Å²) in [4.78, 5) is 37.1. The highest BCUT2D eigenvalue weighted by atomic mass is 16.6. The van der Waals surface area contributed by atoms with E-state index in [0.29, 0.717) is 24.5 Å². The van der Waals surface area contributed by atoms with Crippen LogP contribution in [0.1, 0.15) is 23.6 Å². The van der Waals surface area contributed by atoms with Crippen molar-refractivity contribution >= 4 is 23.4 Å². The van der Waals surface area contributed by atoms with Gasteiger partial charge in [0.15, 0.2) is 11.5 Å². The largest absolute Gasteiger partial charge is 0.493 e. The number of nitro groups is 1. The molecule has 0 bridgehead atoms. The highest BCUT2D eigenvalue weighted by Gasteiger charge is 2.34. The van der Waals surface area contributed by atoms with Crippen LogP contribution in [0.3, 0.4) is 0 Å². The van der Waals surface area contributed by atoms with Crippen LogP contribution in [-0.4, -0.2) is 49.7 Å². The van der Waals surface area contributed by atoms with Gasteiger partial charge in [-0.1, -0.05) is 6.07 Å². The Morgan fingerprint density at radius 2 is 1.87 bits per heavy atom. The third-order valence-electron chi connectivity index (χ3n) is 5.16. The Kier molecular flexibility index (Phi) is 6.58.